The van der Waals surface area contributed by atoms with Gasteiger partial charge in [0.05, 0.1) is 15.8 Å². The molecule has 0 saturated carbocycles. The van der Waals surface area contributed by atoms with Crippen molar-refractivity contribution >= 4 is 28.8 Å². The Labute approximate surface area is 168 Å². The normalized spacial score (nSPS) is 10.8. The van der Waals surface area contributed by atoms with Crippen LogP contribution in [0.5, 0.6) is 0 Å². The number of rotatable bonds is 5. The van der Waals surface area contributed by atoms with Gasteiger partial charge >= 0.3 is 0 Å². The number of hydrogen-bond acceptors (Lipinski definition) is 5. The summed E-state index contributed by atoms with van der Waals surface area (Å²) in [4.78, 5) is 27.1. The number of nitrogens with one attached hydrogen (secondary N) is 2. The number of benzene rings is 1. The number of hydrogen-bond donors (Lipinski definition) is 2. The van der Waals surface area contributed by atoms with E-state index in [0.717, 1.165) is 11.1 Å². The smallest absolute Gasteiger partial charge is 0.261 e. The van der Waals surface area contributed by atoms with Gasteiger partial charge in [-0.1, -0.05) is 41.0 Å². The molecule has 0 radical (unpaired) electrons. The molecule has 0 bridgehead atoms. The first-order valence-corrected chi connectivity index (χ1v) is 9.57. The van der Waals surface area contributed by atoms with E-state index in [1.165, 1.54) is 11.3 Å². The van der Waals surface area contributed by atoms with Gasteiger partial charge in [0, 0.05) is 23.4 Å². The summed E-state index contributed by atoms with van der Waals surface area (Å²) in [5.41, 5.74) is 2.78. The van der Waals surface area contributed by atoms with Gasteiger partial charge in [0.25, 0.3) is 11.5 Å². The predicted molar refractivity (Wildman–Crippen MR) is 108 cm³/mol. The number of aromatic nitrogens is 2. The first kappa shape index (κ1) is 18.2. The maximum atomic E-state index is 12.1. The monoisotopic (exact) mass is 411 g/mol. The molecule has 0 saturated heterocycles. The zero-order valence-electron chi connectivity index (χ0n) is 14.4. The highest BCUT2D eigenvalue weighted by Crippen LogP contribution is 2.24. The molecule has 0 atom stereocenters. The molecule has 2 N–H and O–H groups in total. The highest BCUT2D eigenvalue weighted by molar-refractivity contribution is 7.17. The lowest BCUT2D eigenvalue weighted by atomic mass is 10.0. The van der Waals surface area contributed by atoms with Crippen LogP contribution in [-0.4, -0.2) is 16.0 Å². The van der Waals surface area contributed by atoms with Gasteiger partial charge in [0.2, 0.25) is 0 Å². The summed E-state index contributed by atoms with van der Waals surface area (Å²) in [6.07, 6.45) is 1.60. The van der Waals surface area contributed by atoms with Gasteiger partial charge in [0.15, 0.2) is 5.76 Å². The number of thiophene rings is 1. The molecule has 0 fully saturated rings. The number of carbonyl (C=O) groups is 1. The number of nitrogens with zero attached hydrogens (tertiary/aromatic N) is 1. The summed E-state index contributed by atoms with van der Waals surface area (Å²) in [5.74, 6) is 0.321. The molecule has 0 spiro atoms. The summed E-state index contributed by atoms with van der Waals surface area (Å²) in [6.45, 7) is 0.221. The number of carbonyl (C=O) groups excluding carboxylic acids is 1. The molecule has 140 valence electrons. The van der Waals surface area contributed by atoms with Crippen LogP contribution in [0, 0.1) is 0 Å². The van der Waals surface area contributed by atoms with Crippen LogP contribution < -0.4 is 10.9 Å². The van der Waals surface area contributed by atoms with Crippen LogP contribution in [0.2, 0.25) is 4.34 Å². The maximum Gasteiger partial charge on any atom is 0.261 e. The minimum absolute atomic E-state index is 0.137. The Bertz CT molecular complexity index is 1180. The van der Waals surface area contributed by atoms with E-state index < -0.39 is 0 Å². The lowest BCUT2D eigenvalue weighted by Gasteiger charge is -2.01. The Kier molecular flexibility index (Phi) is 5.10. The molecule has 8 heteroatoms. The number of H-pyrrole nitrogens is 1. The minimum atomic E-state index is -0.215. The van der Waals surface area contributed by atoms with Gasteiger partial charge in [-0.05, 0) is 29.8 Å². The standard InChI is InChI=1S/C20H14ClN3O3S/c21-18-8-7-17(28-18)20(26)23-11-14-10-16(24-27-14)13-5-3-12(4-6-13)15-2-1-9-22-19(15)25/h1-10H,11H2,(H,22,25)(H,23,26). The third-order valence-electron chi connectivity index (χ3n) is 4.09. The summed E-state index contributed by atoms with van der Waals surface area (Å²) in [5, 5.41) is 6.82. The largest absolute Gasteiger partial charge is 0.359 e. The van der Waals surface area contributed by atoms with Gasteiger partial charge in [-0.15, -0.1) is 11.3 Å². The summed E-state index contributed by atoms with van der Waals surface area (Å²) >= 11 is 7.06. The molecule has 3 aromatic heterocycles. The molecule has 0 aliphatic heterocycles. The second kappa shape index (κ2) is 7.84. The summed E-state index contributed by atoms with van der Waals surface area (Å²) in [6, 6.07) is 16.1. The van der Waals surface area contributed by atoms with Crippen LogP contribution in [0.4, 0.5) is 0 Å². The number of pyridine rings is 1. The Morgan fingerprint density at radius 1 is 1.14 bits per heavy atom. The Balaban J connectivity index is 1.45. The Morgan fingerprint density at radius 3 is 2.64 bits per heavy atom. The summed E-state index contributed by atoms with van der Waals surface area (Å²) in [7, 11) is 0. The van der Waals surface area contributed by atoms with E-state index in [1.54, 1.807) is 36.5 Å². The summed E-state index contributed by atoms with van der Waals surface area (Å²) < 4.78 is 5.87. The van der Waals surface area contributed by atoms with Crippen LogP contribution >= 0.6 is 22.9 Å². The molecular formula is C20H14ClN3O3S. The second-order valence-electron chi connectivity index (χ2n) is 5.96. The van der Waals surface area contributed by atoms with Gasteiger partial charge in [-0.25, -0.2) is 0 Å². The van der Waals surface area contributed by atoms with Gasteiger partial charge < -0.3 is 14.8 Å². The van der Waals surface area contributed by atoms with E-state index in [4.69, 9.17) is 16.1 Å². The van der Waals surface area contributed by atoms with E-state index in [2.05, 4.69) is 15.5 Å². The number of amides is 1. The minimum Gasteiger partial charge on any atom is -0.359 e. The Morgan fingerprint density at radius 2 is 1.93 bits per heavy atom. The van der Waals surface area contributed by atoms with Crippen molar-refractivity contribution in [2.24, 2.45) is 0 Å². The van der Waals surface area contributed by atoms with Crippen LogP contribution in [0.15, 0.2) is 70.1 Å². The first-order valence-electron chi connectivity index (χ1n) is 8.38. The highest BCUT2D eigenvalue weighted by Gasteiger charge is 2.11. The van der Waals surface area contributed by atoms with Crippen molar-refractivity contribution in [2.45, 2.75) is 6.54 Å². The fourth-order valence-corrected chi connectivity index (χ4v) is 3.65. The molecule has 0 aliphatic carbocycles. The van der Waals surface area contributed by atoms with Crippen molar-refractivity contribution in [2.75, 3.05) is 0 Å². The van der Waals surface area contributed by atoms with E-state index in [1.807, 2.05) is 24.3 Å². The van der Waals surface area contributed by atoms with Crippen LogP contribution in [0.3, 0.4) is 0 Å². The lowest BCUT2D eigenvalue weighted by Crippen LogP contribution is -2.21. The lowest BCUT2D eigenvalue weighted by molar-refractivity contribution is 0.0951. The number of halogens is 1. The molecule has 28 heavy (non-hydrogen) atoms. The Hall–Kier alpha value is -3.16. The van der Waals surface area contributed by atoms with Crippen molar-refractivity contribution < 1.29 is 9.32 Å². The average molecular weight is 412 g/mol. The molecule has 6 nitrogen and oxygen atoms in total. The topological polar surface area (TPSA) is 88.0 Å². The van der Waals surface area contributed by atoms with Gasteiger partial charge in [-0.3, -0.25) is 9.59 Å². The van der Waals surface area contributed by atoms with Crippen LogP contribution in [-0.2, 0) is 6.54 Å². The SMILES string of the molecule is O=C(NCc1cc(-c2ccc(-c3ccc[nH]c3=O)cc2)no1)c1ccc(Cl)s1. The van der Waals surface area contributed by atoms with Crippen molar-refractivity contribution in [3.8, 4) is 22.4 Å². The van der Waals surface area contributed by atoms with Crippen molar-refractivity contribution in [1.29, 1.82) is 0 Å². The molecule has 0 aliphatic rings. The molecule has 1 aromatic carbocycles. The average Bonchev–Trinajstić information content (AvgIpc) is 3.36. The first-order chi connectivity index (χ1) is 13.6. The second-order valence-corrected chi connectivity index (χ2v) is 7.67. The van der Waals surface area contributed by atoms with E-state index in [9.17, 15) is 9.59 Å². The third-order valence-corrected chi connectivity index (χ3v) is 5.32. The zero-order valence-corrected chi connectivity index (χ0v) is 16.0. The van der Waals surface area contributed by atoms with Crippen LogP contribution in [0.25, 0.3) is 22.4 Å². The highest BCUT2D eigenvalue weighted by atomic mass is 35.5. The van der Waals surface area contributed by atoms with Crippen molar-refractivity contribution in [1.82, 2.24) is 15.5 Å². The van der Waals surface area contributed by atoms with E-state index >= 15 is 0 Å². The molecule has 4 rings (SSSR count). The van der Waals surface area contributed by atoms with Gasteiger partial charge in [0.1, 0.15) is 5.69 Å². The van der Waals surface area contributed by atoms with Crippen molar-refractivity contribution in [3.63, 3.8) is 0 Å². The molecular weight excluding hydrogens is 398 g/mol. The molecule has 4 aromatic rings. The molecule has 0 unspecified atom stereocenters. The molecule has 3 heterocycles. The van der Waals surface area contributed by atoms with E-state index in [-0.39, 0.29) is 18.0 Å². The third kappa shape index (κ3) is 3.90. The number of aromatic amines is 1. The predicted octanol–water partition coefficient (Wildman–Crippen LogP) is 4.34. The van der Waals surface area contributed by atoms with Crippen LogP contribution in [0.1, 0.15) is 15.4 Å². The van der Waals surface area contributed by atoms with Gasteiger partial charge in [-0.2, -0.15) is 0 Å². The molecule has 1 amide bonds. The van der Waals surface area contributed by atoms with E-state index in [0.29, 0.717) is 26.2 Å². The quantitative estimate of drug-likeness (QED) is 0.511. The fourth-order valence-electron chi connectivity index (χ4n) is 2.69. The fraction of sp³-hybridized carbons (Fsp3) is 0.0500. The zero-order chi connectivity index (χ0) is 19.5. The maximum absolute atomic E-state index is 12.1. The van der Waals surface area contributed by atoms with Crippen molar-refractivity contribution in [3.05, 3.63) is 86.1 Å².